The summed E-state index contributed by atoms with van der Waals surface area (Å²) in [6.07, 6.45) is 0. The highest BCUT2D eigenvalue weighted by molar-refractivity contribution is 5.96. The molecule has 0 spiro atoms. The highest BCUT2D eigenvalue weighted by atomic mass is 19.3. The molecule has 0 amide bonds. The first-order valence-corrected chi connectivity index (χ1v) is 7.79. The van der Waals surface area contributed by atoms with E-state index in [-0.39, 0.29) is 24.7 Å². The van der Waals surface area contributed by atoms with Crippen molar-refractivity contribution in [3.8, 4) is 5.75 Å². The average molecular weight is 362 g/mol. The number of fused-ring (bicyclic) bond motifs is 1. The summed E-state index contributed by atoms with van der Waals surface area (Å²) in [5.41, 5.74) is 1.43. The second kappa shape index (κ2) is 7.97. The number of carbonyl (C=O) groups is 1. The van der Waals surface area contributed by atoms with Gasteiger partial charge in [-0.3, -0.25) is 0 Å². The van der Waals surface area contributed by atoms with Crippen LogP contribution in [0.1, 0.15) is 21.7 Å². The molecule has 0 aliphatic heterocycles. The molecular formula is C19H16F2O5. The summed E-state index contributed by atoms with van der Waals surface area (Å²) in [7, 11) is 1.51. The molecule has 0 unspecified atom stereocenters. The standard InChI is InChI=1S/C19H16F2O5/c1-23-11-14-13-7-3-5-9-16(13)25-17(14)18(22)24-10-12-6-2-4-8-15(12)26-19(20)21/h2-9,19H,10-11H2,1H3. The summed E-state index contributed by atoms with van der Waals surface area (Å²) < 4.78 is 45.3. The number of methoxy groups -OCH3 is 1. The van der Waals surface area contributed by atoms with E-state index in [1.54, 1.807) is 30.3 Å². The summed E-state index contributed by atoms with van der Waals surface area (Å²) in [5, 5.41) is 0.753. The Balaban J connectivity index is 1.81. The van der Waals surface area contributed by atoms with Crippen LogP contribution < -0.4 is 4.74 Å². The van der Waals surface area contributed by atoms with E-state index < -0.39 is 12.6 Å². The number of esters is 1. The lowest BCUT2D eigenvalue weighted by Crippen LogP contribution is -2.09. The molecule has 0 N–H and O–H groups in total. The molecule has 0 aliphatic carbocycles. The number of benzene rings is 2. The zero-order valence-electron chi connectivity index (χ0n) is 13.9. The molecular weight excluding hydrogens is 346 g/mol. The first-order valence-electron chi connectivity index (χ1n) is 7.79. The molecule has 3 rings (SSSR count). The topological polar surface area (TPSA) is 57.9 Å². The van der Waals surface area contributed by atoms with Crippen molar-refractivity contribution in [2.75, 3.05) is 7.11 Å². The second-order valence-corrected chi connectivity index (χ2v) is 5.40. The van der Waals surface area contributed by atoms with Crippen LogP contribution in [0, 0.1) is 0 Å². The van der Waals surface area contributed by atoms with Gasteiger partial charge in [-0.1, -0.05) is 36.4 Å². The molecule has 0 aliphatic rings. The van der Waals surface area contributed by atoms with E-state index in [0.717, 1.165) is 5.39 Å². The molecule has 26 heavy (non-hydrogen) atoms. The van der Waals surface area contributed by atoms with Crippen molar-refractivity contribution in [1.29, 1.82) is 0 Å². The molecule has 136 valence electrons. The number of alkyl halides is 2. The van der Waals surface area contributed by atoms with Crippen LogP contribution in [0.4, 0.5) is 8.78 Å². The lowest BCUT2D eigenvalue weighted by Gasteiger charge is -2.10. The number of para-hydroxylation sites is 2. The van der Waals surface area contributed by atoms with Crippen LogP contribution in [0.25, 0.3) is 11.0 Å². The summed E-state index contributed by atoms with van der Waals surface area (Å²) in [6.45, 7) is -3.02. The fraction of sp³-hybridized carbons (Fsp3) is 0.211. The molecule has 0 saturated heterocycles. The smallest absolute Gasteiger partial charge is 0.387 e. The molecule has 7 heteroatoms. The molecule has 0 saturated carbocycles. The Bertz CT molecular complexity index is 904. The van der Waals surface area contributed by atoms with Gasteiger partial charge < -0.3 is 18.6 Å². The van der Waals surface area contributed by atoms with E-state index in [1.807, 2.05) is 12.1 Å². The van der Waals surface area contributed by atoms with Gasteiger partial charge in [-0.25, -0.2) is 4.79 Å². The third-order valence-electron chi connectivity index (χ3n) is 3.72. The summed E-state index contributed by atoms with van der Waals surface area (Å²) in [5.74, 6) is -0.725. The highest BCUT2D eigenvalue weighted by Crippen LogP contribution is 2.28. The molecule has 3 aromatic rings. The quantitative estimate of drug-likeness (QED) is 0.578. The van der Waals surface area contributed by atoms with Gasteiger partial charge in [0.1, 0.15) is 17.9 Å². The van der Waals surface area contributed by atoms with Crippen molar-refractivity contribution in [1.82, 2.24) is 0 Å². The molecule has 0 bridgehead atoms. The van der Waals surface area contributed by atoms with E-state index >= 15 is 0 Å². The minimum Gasteiger partial charge on any atom is -0.455 e. The van der Waals surface area contributed by atoms with Crippen molar-refractivity contribution < 1.29 is 32.2 Å². The minimum atomic E-state index is -2.96. The molecule has 0 atom stereocenters. The molecule has 5 nitrogen and oxygen atoms in total. The van der Waals surface area contributed by atoms with Gasteiger partial charge in [0.05, 0.1) is 6.61 Å². The van der Waals surface area contributed by atoms with Crippen molar-refractivity contribution in [3.05, 3.63) is 65.4 Å². The summed E-state index contributed by atoms with van der Waals surface area (Å²) in [4.78, 5) is 12.5. The number of ether oxygens (including phenoxy) is 3. The maximum absolute atomic E-state index is 12.5. The first kappa shape index (κ1) is 17.9. The van der Waals surface area contributed by atoms with E-state index in [9.17, 15) is 13.6 Å². The van der Waals surface area contributed by atoms with E-state index in [0.29, 0.717) is 16.7 Å². The number of hydrogen-bond acceptors (Lipinski definition) is 5. The number of furan rings is 1. The Kier molecular flexibility index (Phi) is 5.48. The SMILES string of the molecule is COCc1c(C(=O)OCc2ccccc2OC(F)F)oc2ccccc12. The fourth-order valence-corrected chi connectivity index (χ4v) is 2.59. The second-order valence-electron chi connectivity index (χ2n) is 5.40. The maximum atomic E-state index is 12.5. The van der Waals surface area contributed by atoms with Crippen molar-refractivity contribution in [2.24, 2.45) is 0 Å². The Hall–Kier alpha value is -2.93. The van der Waals surface area contributed by atoms with Crippen molar-refractivity contribution >= 4 is 16.9 Å². The molecule has 0 radical (unpaired) electrons. The Labute approximate surface area is 148 Å². The Morgan fingerprint density at radius 3 is 2.58 bits per heavy atom. The van der Waals surface area contributed by atoms with Gasteiger partial charge in [-0.05, 0) is 12.1 Å². The summed E-state index contributed by atoms with van der Waals surface area (Å²) in [6, 6.07) is 13.3. The van der Waals surface area contributed by atoms with Crippen LogP contribution in [-0.2, 0) is 22.7 Å². The van der Waals surface area contributed by atoms with E-state index in [2.05, 4.69) is 4.74 Å². The monoisotopic (exact) mass is 362 g/mol. The third kappa shape index (κ3) is 3.83. The van der Waals surface area contributed by atoms with Crippen LogP contribution in [-0.4, -0.2) is 19.7 Å². The van der Waals surface area contributed by atoms with Crippen LogP contribution in [0.15, 0.2) is 52.9 Å². The zero-order chi connectivity index (χ0) is 18.5. The molecule has 1 aromatic heterocycles. The number of halogens is 2. The predicted molar refractivity (Wildman–Crippen MR) is 89.1 cm³/mol. The number of carbonyl (C=O) groups excluding carboxylic acids is 1. The maximum Gasteiger partial charge on any atom is 0.387 e. The molecule has 1 heterocycles. The molecule has 0 fully saturated rings. The minimum absolute atomic E-state index is 0.0281. The van der Waals surface area contributed by atoms with Gasteiger partial charge in [0.15, 0.2) is 0 Å². The van der Waals surface area contributed by atoms with Crippen LogP contribution in [0.2, 0.25) is 0 Å². The highest BCUT2D eigenvalue weighted by Gasteiger charge is 2.22. The van der Waals surface area contributed by atoms with Gasteiger partial charge in [-0.15, -0.1) is 0 Å². The van der Waals surface area contributed by atoms with Gasteiger partial charge in [0.25, 0.3) is 0 Å². The van der Waals surface area contributed by atoms with Gasteiger partial charge in [-0.2, -0.15) is 8.78 Å². The normalized spacial score (nSPS) is 11.1. The van der Waals surface area contributed by atoms with Crippen molar-refractivity contribution in [3.63, 3.8) is 0 Å². The third-order valence-corrected chi connectivity index (χ3v) is 3.72. The largest absolute Gasteiger partial charge is 0.455 e. The Morgan fingerprint density at radius 1 is 1.08 bits per heavy atom. The number of hydrogen-bond donors (Lipinski definition) is 0. The van der Waals surface area contributed by atoms with Crippen LogP contribution in [0.5, 0.6) is 5.75 Å². The average Bonchev–Trinajstić information content (AvgIpc) is 2.99. The number of rotatable bonds is 7. The molecule has 2 aromatic carbocycles. The van der Waals surface area contributed by atoms with Crippen molar-refractivity contribution in [2.45, 2.75) is 19.8 Å². The van der Waals surface area contributed by atoms with Crippen LogP contribution >= 0.6 is 0 Å². The van der Waals surface area contributed by atoms with Crippen LogP contribution in [0.3, 0.4) is 0 Å². The van der Waals surface area contributed by atoms with E-state index in [1.165, 1.54) is 13.2 Å². The fourth-order valence-electron chi connectivity index (χ4n) is 2.59. The lowest BCUT2D eigenvalue weighted by atomic mass is 10.1. The predicted octanol–water partition coefficient (Wildman–Crippen LogP) is 4.54. The lowest BCUT2D eigenvalue weighted by molar-refractivity contribution is -0.0510. The Morgan fingerprint density at radius 2 is 1.81 bits per heavy atom. The zero-order valence-corrected chi connectivity index (χ0v) is 13.9. The van der Waals surface area contributed by atoms with Gasteiger partial charge in [0, 0.05) is 23.6 Å². The first-order chi connectivity index (χ1) is 12.6. The van der Waals surface area contributed by atoms with E-state index in [4.69, 9.17) is 13.9 Å². The van der Waals surface area contributed by atoms with Gasteiger partial charge in [0.2, 0.25) is 5.76 Å². The summed E-state index contributed by atoms with van der Waals surface area (Å²) >= 11 is 0. The van der Waals surface area contributed by atoms with Gasteiger partial charge >= 0.3 is 12.6 Å².